The molecule has 1 N–H and O–H groups in total. The highest BCUT2D eigenvalue weighted by Gasteiger charge is 2.20. The number of carbonyl (C=O) groups excluding carboxylic acids is 1. The molecule has 1 fully saturated rings. The van der Waals surface area contributed by atoms with Crippen molar-refractivity contribution in [3.05, 3.63) is 29.1 Å². The minimum absolute atomic E-state index is 0.00856. The Hall–Kier alpha value is -1.42. The lowest BCUT2D eigenvalue weighted by Crippen LogP contribution is -2.31. The van der Waals surface area contributed by atoms with Crippen molar-refractivity contribution < 1.29 is 4.79 Å². The van der Waals surface area contributed by atoms with Crippen molar-refractivity contribution in [1.82, 2.24) is 15.2 Å². The molecule has 4 heteroatoms. The molecule has 1 aromatic rings. The maximum Gasteiger partial charge on any atom is 0.251 e. The average Bonchev–Trinajstić information content (AvgIpc) is 2.74. The molecule has 2 rings (SSSR count). The van der Waals surface area contributed by atoms with E-state index in [1.807, 2.05) is 26.0 Å². The van der Waals surface area contributed by atoms with Gasteiger partial charge in [0.1, 0.15) is 0 Å². The molecule has 1 atom stereocenters. The fourth-order valence-electron chi connectivity index (χ4n) is 2.76. The van der Waals surface area contributed by atoms with Crippen molar-refractivity contribution in [1.29, 1.82) is 0 Å². The Morgan fingerprint density at radius 1 is 1.42 bits per heavy atom. The predicted molar refractivity (Wildman–Crippen MR) is 76.3 cm³/mol. The molecule has 104 valence electrons. The van der Waals surface area contributed by atoms with Gasteiger partial charge in [0, 0.05) is 29.5 Å². The summed E-state index contributed by atoms with van der Waals surface area (Å²) in [6.45, 7) is 5.75. The van der Waals surface area contributed by atoms with Crippen molar-refractivity contribution in [3.63, 3.8) is 0 Å². The molecule has 4 nitrogen and oxygen atoms in total. The molecular weight excluding hydrogens is 238 g/mol. The van der Waals surface area contributed by atoms with Gasteiger partial charge in [0.25, 0.3) is 5.91 Å². The van der Waals surface area contributed by atoms with Gasteiger partial charge in [-0.25, -0.2) is 0 Å². The van der Waals surface area contributed by atoms with Crippen molar-refractivity contribution in [3.8, 4) is 0 Å². The van der Waals surface area contributed by atoms with Gasteiger partial charge in [-0.05, 0) is 58.8 Å². The number of likely N-dealkylation sites (tertiary alicyclic amines) is 1. The van der Waals surface area contributed by atoms with Crippen molar-refractivity contribution in [2.45, 2.75) is 39.2 Å². The number of amides is 1. The quantitative estimate of drug-likeness (QED) is 0.900. The van der Waals surface area contributed by atoms with Gasteiger partial charge in [-0.15, -0.1) is 0 Å². The van der Waals surface area contributed by atoms with Gasteiger partial charge >= 0.3 is 0 Å². The van der Waals surface area contributed by atoms with Crippen LogP contribution in [0.5, 0.6) is 0 Å². The van der Waals surface area contributed by atoms with Gasteiger partial charge in [0.15, 0.2) is 0 Å². The molecule has 0 bridgehead atoms. The zero-order chi connectivity index (χ0) is 13.8. The van der Waals surface area contributed by atoms with E-state index in [0.717, 1.165) is 24.4 Å². The van der Waals surface area contributed by atoms with Crippen LogP contribution in [0.25, 0.3) is 0 Å². The third kappa shape index (κ3) is 3.77. The largest absolute Gasteiger partial charge is 0.352 e. The maximum absolute atomic E-state index is 12.1. The zero-order valence-corrected chi connectivity index (χ0v) is 12.1. The monoisotopic (exact) mass is 261 g/mol. The summed E-state index contributed by atoms with van der Waals surface area (Å²) in [4.78, 5) is 18.7. The molecule has 0 spiro atoms. The van der Waals surface area contributed by atoms with Gasteiger partial charge < -0.3 is 10.2 Å². The van der Waals surface area contributed by atoms with Gasteiger partial charge in [0.2, 0.25) is 0 Å². The number of nitrogens with zero attached hydrogens (tertiary/aromatic N) is 2. The molecule has 0 aromatic carbocycles. The third-order valence-electron chi connectivity index (χ3n) is 3.78. The fourth-order valence-corrected chi connectivity index (χ4v) is 2.76. The van der Waals surface area contributed by atoms with Gasteiger partial charge in [-0.1, -0.05) is 0 Å². The van der Waals surface area contributed by atoms with Crippen molar-refractivity contribution in [2.24, 2.45) is 0 Å². The number of aromatic nitrogens is 1. The van der Waals surface area contributed by atoms with Gasteiger partial charge in [0.05, 0.1) is 0 Å². The molecular formula is C15H23N3O. The number of hydrogen-bond donors (Lipinski definition) is 1. The first-order chi connectivity index (χ1) is 9.06. The minimum Gasteiger partial charge on any atom is -0.352 e. The highest BCUT2D eigenvalue weighted by molar-refractivity contribution is 5.94. The Morgan fingerprint density at radius 2 is 2.11 bits per heavy atom. The topological polar surface area (TPSA) is 45.2 Å². The molecule has 2 heterocycles. The van der Waals surface area contributed by atoms with Crippen LogP contribution in [0.3, 0.4) is 0 Å². The van der Waals surface area contributed by atoms with Gasteiger partial charge in [-0.3, -0.25) is 9.78 Å². The second kappa shape index (κ2) is 6.15. The summed E-state index contributed by atoms with van der Waals surface area (Å²) in [7, 11) is 2.16. The van der Waals surface area contributed by atoms with E-state index >= 15 is 0 Å². The number of nitrogens with one attached hydrogen (secondary N) is 1. The minimum atomic E-state index is 0.00856. The van der Waals surface area contributed by atoms with Crippen LogP contribution in [-0.2, 0) is 0 Å². The molecule has 19 heavy (non-hydrogen) atoms. The summed E-state index contributed by atoms with van der Waals surface area (Å²) in [5.74, 6) is 0.00856. The molecule has 1 aliphatic heterocycles. The summed E-state index contributed by atoms with van der Waals surface area (Å²) in [5.41, 5.74) is 2.49. The highest BCUT2D eigenvalue weighted by Crippen LogP contribution is 2.17. The highest BCUT2D eigenvalue weighted by atomic mass is 16.1. The molecule has 0 saturated carbocycles. The maximum atomic E-state index is 12.1. The molecule has 0 aliphatic carbocycles. The first-order valence-corrected chi connectivity index (χ1v) is 7.00. The van der Waals surface area contributed by atoms with Crippen LogP contribution >= 0.6 is 0 Å². The number of pyridine rings is 1. The lowest BCUT2D eigenvalue weighted by Gasteiger charge is -2.19. The second-order valence-corrected chi connectivity index (χ2v) is 5.46. The zero-order valence-electron chi connectivity index (χ0n) is 12.1. The summed E-state index contributed by atoms with van der Waals surface area (Å²) >= 11 is 0. The number of rotatable bonds is 4. The first-order valence-electron chi connectivity index (χ1n) is 7.00. The Kier molecular flexibility index (Phi) is 4.53. The summed E-state index contributed by atoms with van der Waals surface area (Å²) in [5, 5.41) is 3.01. The molecule has 1 saturated heterocycles. The Bertz CT molecular complexity index is 438. The molecule has 1 amide bonds. The van der Waals surface area contributed by atoms with E-state index < -0.39 is 0 Å². The Labute approximate surface area is 115 Å². The fraction of sp³-hybridized carbons (Fsp3) is 0.600. The molecule has 0 radical (unpaired) electrons. The Morgan fingerprint density at radius 3 is 2.68 bits per heavy atom. The van der Waals surface area contributed by atoms with E-state index in [9.17, 15) is 4.79 Å². The van der Waals surface area contributed by atoms with E-state index in [0.29, 0.717) is 11.6 Å². The summed E-state index contributed by atoms with van der Waals surface area (Å²) < 4.78 is 0. The number of aryl methyl sites for hydroxylation is 2. The van der Waals surface area contributed by atoms with Crippen LogP contribution in [0.1, 0.15) is 41.0 Å². The van der Waals surface area contributed by atoms with Crippen LogP contribution in [0.2, 0.25) is 0 Å². The summed E-state index contributed by atoms with van der Waals surface area (Å²) in [6.07, 6.45) is 3.56. The van der Waals surface area contributed by atoms with Crippen LogP contribution in [0, 0.1) is 13.8 Å². The van der Waals surface area contributed by atoms with Gasteiger partial charge in [-0.2, -0.15) is 0 Å². The standard InChI is InChI=1S/C15H23N3O/c1-11-9-13(10-12(2)17-11)15(19)16-7-6-14-5-4-8-18(14)3/h9-10,14H,4-8H2,1-3H3,(H,16,19). The van der Waals surface area contributed by atoms with Crippen molar-refractivity contribution >= 4 is 5.91 Å². The van der Waals surface area contributed by atoms with Crippen LogP contribution in [0.15, 0.2) is 12.1 Å². The first kappa shape index (κ1) is 14.0. The number of carbonyl (C=O) groups is 1. The van der Waals surface area contributed by atoms with E-state index in [2.05, 4.69) is 22.2 Å². The third-order valence-corrected chi connectivity index (χ3v) is 3.78. The number of hydrogen-bond acceptors (Lipinski definition) is 3. The SMILES string of the molecule is Cc1cc(C(=O)NCCC2CCCN2C)cc(C)n1. The van der Waals surface area contributed by atoms with E-state index in [1.54, 1.807) is 0 Å². The summed E-state index contributed by atoms with van der Waals surface area (Å²) in [6, 6.07) is 4.30. The van der Waals surface area contributed by atoms with Crippen molar-refractivity contribution in [2.75, 3.05) is 20.1 Å². The van der Waals surface area contributed by atoms with Crippen LogP contribution in [-0.4, -0.2) is 42.0 Å². The normalized spacial score (nSPS) is 19.6. The molecule has 1 unspecified atom stereocenters. The van der Waals surface area contributed by atoms with Crippen LogP contribution < -0.4 is 5.32 Å². The van der Waals surface area contributed by atoms with E-state index in [-0.39, 0.29) is 5.91 Å². The Balaban J connectivity index is 1.84. The second-order valence-electron chi connectivity index (χ2n) is 5.46. The molecule has 1 aromatic heterocycles. The lowest BCUT2D eigenvalue weighted by molar-refractivity contribution is 0.0950. The smallest absolute Gasteiger partial charge is 0.251 e. The lowest BCUT2D eigenvalue weighted by atomic mass is 10.1. The van der Waals surface area contributed by atoms with Crippen LogP contribution in [0.4, 0.5) is 0 Å². The average molecular weight is 261 g/mol. The predicted octanol–water partition coefficient (Wildman–Crippen LogP) is 1.91. The van der Waals surface area contributed by atoms with E-state index in [4.69, 9.17) is 0 Å². The molecule has 1 aliphatic rings. The van der Waals surface area contributed by atoms with E-state index in [1.165, 1.54) is 19.4 Å².